The first-order valence-electron chi connectivity index (χ1n) is 6.70. The van der Waals surface area contributed by atoms with Gasteiger partial charge < -0.3 is 11.1 Å². The summed E-state index contributed by atoms with van der Waals surface area (Å²) in [5, 5.41) is 3.03. The van der Waals surface area contributed by atoms with Crippen molar-refractivity contribution in [1.82, 2.24) is 5.32 Å². The summed E-state index contributed by atoms with van der Waals surface area (Å²) < 4.78 is 0. The molecule has 1 amide bonds. The molecule has 102 valence electrons. The lowest BCUT2D eigenvalue weighted by atomic mass is 9.87. The van der Waals surface area contributed by atoms with Crippen LogP contribution in [0.15, 0.2) is 0 Å². The van der Waals surface area contributed by atoms with Crippen LogP contribution in [0.1, 0.15) is 60.8 Å². The van der Waals surface area contributed by atoms with Gasteiger partial charge >= 0.3 is 0 Å². The molecule has 0 aliphatic rings. The van der Waals surface area contributed by atoms with Gasteiger partial charge in [0.05, 0.1) is 0 Å². The van der Waals surface area contributed by atoms with Gasteiger partial charge in [0.1, 0.15) is 0 Å². The number of amides is 1. The van der Waals surface area contributed by atoms with Gasteiger partial charge in [0.15, 0.2) is 0 Å². The molecule has 0 radical (unpaired) electrons. The zero-order valence-corrected chi connectivity index (χ0v) is 12.3. The molecule has 0 bridgehead atoms. The third-order valence-corrected chi connectivity index (χ3v) is 3.21. The van der Waals surface area contributed by atoms with Crippen LogP contribution >= 0.6 is 0 Å². The van der Waals surface area contributed by atoms with Gasteiger partial charge in [0.25, 0.3) is 0 Å². The van der Waals surface area contributed by atoms with Gasteiger partial charge in [-0.05, 0) is 24.7 Å². The Bertz CT molecular complexity index is 233. The first-order valence-corrected chi connectivity index (χ1v) is 6.70. The fourth-order valence-corrected chi connectivity index (χ4v) is 1.91. The molecule has 0 fully saturated rings. The second-order valence-electron chi connectivity index (χ2n) is 6.47. The summed E-state index contributed by atoms with van der Waals surface area (Å²) in [6.07, 6.45) is 2.38. The summed E-state index contributed by atoms with van der Waals surface area (Å²) >= 11 is 0. The Morgan fingerprint density at radius 1 is 1.29 bits per heavy atom. The van der Waals surface area contributed by atoms with E-state index >= 15 is 0 Å². The summed E-state index contributed by atoms with van der Waals surface area (Å²) in [6.45, 7) is 12.8. The first-order chi connectivity index (χ1) is 7.65. The average molecular weight is 242 g/mol. The molecule has 0 heterocycles. The van der Waals surface area contributed by atoms with Gasteiger partial charge in [0.2, 0.25) is 5.91 Å². The van der Waals surface area contributed by atoms with Crippen molar-refractivity contribution in [3.05, 3.63) is 0 Å². The number of hydrogen-bond acceptors (Lipinski definition) is 2. The van der Waals surface area contributed by atoms with Crippen LogP contribution < -0.4 is 11.1 Å². The predicted octanol–water partition coefficient (Wildman–Crippen LogP) is 2.69. The molecule has 3 atom stereocenters. The lowest BCUT2D eigenvalue weighted by molar-refractivity contribution is -0.122. The van der Waals surface area contributed by atoms with Crippen LogP contribution in [0.3, 0.4) is 0 Å². The Hall–Kier alpha value is -0.570. The minimum atomic E-state index is -0.0425. The van der Waals surface area contributed by atoms with Gasteiger partial charge in [-0.3, -0.25) is 4.79 Å². The van der Waals surface area contributed by atoms with Crippen molar-refractivity contribution in [2.45, 2.75) is 72.9 Å². The molecule has 3 heteroatoms. The molecule has 17 heavy (non-hydrogen) atoms. The minimum Gasteiger partial charge on any atom is -0.353 e. The Kier molecular flexibility index (Phi) is 6.76. The number of rotatable bonds is 6. The molecule has 0 saturated heterocycles. The number of hydrogen-bond donors (Lipinski definition) is 2. The van der Waals surface area contributed by atoms with E-state index in [1.807, 2.05) is 0 Å². The van der Waals surface area contributed by atoms with Crippen molar-refractivity contribution in [2.24, 2.45) is 17.1 Å². The van der Waals surface area contributed by atoms with Crippen LogP contribution in [0, 0.1) is 11.3 Å². The van der Waals surface area contributed by atoms with E-state index in [-0.39, 0.29) is 23.4 Å². The highest BCUT2D eigenvalue weighted by Crippen LogP contribution is 2.21. The van der Waals surface area contributed by atoms with Gasteiger partial charge in [-0.15, -0.1) is 0 Å². The second kappa shape index (κ2) is 7.00. The van der Waals surface area contributed by atoms with Crippen molar-refractivity contribution in [3.63, 3.8) is 0 Å². The van der Waals surface area contributed by atoms with E-state index in [0.29, 0.717) is 12.3 Å². The van der Waals surface area contributed by atoms with Crippen LogP contribution in [-0.4, -0.2) is 18.0 Å². The highest BCUT2D eigenvalue weighted by atomic mass is 16.1. The Morgan fingerprint density at radius 2 is 1.82 bits per heavy atom. The summed E-state index contributed by atoms with van der Waals surface area (Å²) in [7, 11) is 0. The summed E-state index contributed by atoms with van der Waals surface area (Å²) in [5.41, 5.74) is 6.17. The molecular formula is C14H30N2O. The van der Waals surface area contributed by atoms with Crippen molar-refractivity contribution in [1.29, 1.82) is 0 Å². The SMILES string of the molecule is CCC(C)C(C)NC(=O)CC(N)CC(C)(C)C. The molecule has 3 nitrogen and oxygen atoms in total. The second-order valence-corrected chi connectivity index (χ2v) is 6.47. The van der Waals surface area contributed by atoms with E-state index in [1.54, 1.807) is 0 Å². The number of carbonyl (C=O) groups is 1. The normalized spacial score (nSPS) is 17.4. The van der Waals surface area contributed by atoms with Crippen LogP contribution in [0.4, 0.5) is 0 Å². The maximum absolute atomic E-state index is 11.8. The van der Waals surface area contributed by atoms with E-state index in [4.69, 9.17) is 5.73 Å². The Morgan fingerprint density at radius 3 is 2.24 bits per heavy atom. The number of nitrogens with one attached hydrogen (secondary N) is 1. The zero-order valence-electron chi connectivity index (χ0n) is 12.3. The topological polar surface area (TPSA) is 55.1 Å². The third-order valence-electron chi connectivity index (χ3n) is 3.21. The highest BCUT2D eigenvalue weighted by Gasteiger charge is 2.19. The van der Waals surface area contributed by atoms with E-state index in [1.165, 1.54) is 0 Å². The fourth-order valence-electron chi connectivity index (χ4n) is 1.91. The molecule has 0 aromatic carbocycles. The summed E-state index contributed by atoms with van der Waals surface area (Å²) in [4.78, 5) is 11.8. The van der Waals surface area contributed by atoms with Gasteiger partial charge in [-0.2, -0.15) is 0 Å². The van der Waals surface area contributed by atoms with Gasteiger partial charge in [-0.25, -0.2) is 0 Å². The maximum Gasteiger partial charge on any atom is 0.221 e. The standard InChI is InChI=1S/C14H30N2O/c1-7-10(2)11(3)16-13(17)8-12(15)9-14(4,5)6/h10-12H,7-9,15H2,1-6H3,(H,16,17). The molecule has 3 unspecified atom stereocenters. The Balaban J connectivity index is 4.02. The number of nitrogens with two attached hydrogens (primary N) is 1. The van der Waals surface area contributed by atoms with Crippen LogP contribution in [0.2, 0.25) is 0 Å². The van der Waals surface area contributed by atoms with Crippen LogP contribution in [0.25, 0.3) is 0 Å². The molecule has 0 aromatic rings. The monoisotopic (exact) mass is 242 g/mol. The molecule has 0 aliphatic carbocycles. The Labute approximate surface area is 107 Å². The van der Waals surface area contributed by atoms with Crippen LogP contribution in [-0.2, 0) is 4.79 Å². The lowest BCUT2D eigenvalue weighted by Crippen LogP contribution is -2.40. The van der Waals surface area contributed by atoms with Crippen LogP contribution in [0.5, 0.6) is 0 Å². The molecule has 0 aromatic heterocycles. The van der Waals surface area contributed by atoms with Crippen molar-refractivity contribution in [2.75, 3.05) is 0 Å². The van der Waals surface area contributed by atoms with E-state index < -0.39 is 0 Å². The molecular weight excluding hydrogens is 212 g/mol. The average Bonchev–Trinajstić information content (AvgIpc) is 2.12. The summed E-state index contributed by atoms with van der Waals surface area (Å²) in [5.74, 6) is 0.590. The van der Waals surface area contributed by atoms with Crippen molar-refractivity contribution < 1.29 is 4.79 Å². The number of carbonyl (C=O) groups excluding carboxylic acids is 1. The molecule has 3 N–H and O–H groups in total. The fraction of sp³-hybridized carbons (Fsp3) is 0.929. The van der Waals surface area contributed by atoms with E-state index in [9.17, 15) is 4.79 Å². The quantitative estimate of drug-likeness (QED) is 0.752. The van der Waals surface area contributed by atoms with E-state index in [2.05, 4.69) is 46.9 Å². The third kappa shape index (κ3) is 8.19. The van der Waals surface area contributed by atoms with Gasteiger partial charge in [0, 0.05) is 18.5 Å². The highest BCUT2D eigenvalue weighted by molar-refractivity contribution is 5.76. The van der Waals surface area contributed by atoms with E-state index in [0.717, 1.165) is 12.8 Å². The molecule has 0 rings (SSSR count). The van der Waals surface area contributed by atoms with Crippen molar-refractivity contribution >= 4 is 5.91 Å². The van der Waals surface area contributed by atoms with Gasteiger partial charge in [-0.1, -0.05) is 41.0 Å². The predicted molar refractivity (Wildman–Crippen MR) is 73.7 cm³/mol. The smallest absolute Gasteiger partial charge is 0.221 e. The molecule has 0 aliphatic heterocycles. The maximum atomic E-state index is 11.8. The lowest BCUT2D eigenvalue weighted by Gasteiger charge is -2.24. The first kappa shape index (κ1) is 16.4. The minimum absolute atomic E-state index is 0.0425. The molecule has 0 saturated carbocycles. The summed E-state index contributed by atoms with van der Waals surface area (Å²) in [6, 6.07) is 0.188. The molecule has 0 spiro atoms. The largest absolute Gasteiger partial charge is 0.353 e. The zero-order chi connectivity index (χ0) is 13.6. The van der Waals surface area contributed by atoms with Crippen molar-refractivity contribution in [3.8, 4) is 0 Å².